The van der Waals surface area contributed by atoms with E-state index in [-0.39, 0.29) is 0 Å². The fourth-order valence-corrected chi connectivity index (χ4v) is 3.03. The van der Waals surface area contributed by atoms with Gasteiger partial charge >= 0.3 is 0 Å². The van der Waals surface area contributed by atoms with Crippen molar-refractivity contribution in [1.82, 2.24) is 9.97 Å². The summed E-state index contributed by atoms with van der Waals surface area (Å²) in [6.07, 6.45) is 3.67. The molecule has 0 spiro atoms. The number of anilines is 3. The lowest BCUT2D eigenvalue weighted by atomic mass is 10.2. The van der Waals surface area contributed by atoms with E-state index in [1.54, 1.807) is 6.20 Å². The Labute approximate surface area is 161 Å². The van der Waals surface area contributed by atoms with Crippen LogP contribution in [0.1, 0.15) is 0 Å². The molecular weight excluding hydrogens is 386 g/mol. The molecule has 0 fully saturated rings. The van der Waals surface area contributed by atoms with Crippen molar-refractivity contribution in [3.05, 3.63) is 102 Å². The van der Waals surface area contributed by atoms with Crippen LogP contribution in [0.5, 0.6) is 0 Å². The molecule has 0 saturated heterocycles. The standard InChI is InChI=1S/C22H16BrN3/c23-17-11-13-21(24-15-17)22-14-12-20(16-25-22)26(18-7-3-1-4-8-18)19-9-5-2-6-10-19/h1-16H. The van der Waals surface area contributed by atoms with Crippen molar-refractivity contribution in [3.63, 3.8) is 0 Å². The van der Waals surface area contributed by atoms with Gasteiger partial charge in [0.25, 0.3) is 0 Å². The highest BCUT2D eigenvalue weighted by molar-refractivity contribution is 9.10. The van der Waals surface area contributed by atoms with E-state index in [4.69, 9.17) is 0 Å². The first-order valence-corrected chi connectivity index (χ1v) is 9.09. The average Bonchev–Trinajstić information content (AvgIpc) is 2.71. The predicted molar refractivity (Wildman–Crippen MR) is 110 cm³/mol. The highest BCUT2D eigenvalue weighted by Crippen LogP contribution is 2.34. The number of aromatic nitrogens is 2. The first-order chi connectivity index (χ1) is 12.8. The van der Waals surface area contributed by atoms with Gasteiger partial charge in [-0.25, -0.2) is 0 Å². The Morgan fingerprint density at radius 3 is 1.54 bits per heavy atom. The molecule has 3 nitrogen and oxygen atoms in total. The second-order valence-electron chi connectivity index (χ2n) is 5.77. The summed E-state index contributed by atoms with van der Waals surface area (Å²) in [5.74, 6) is 0. The third-order valence-electron chi connectivity index (χ3n) is 4.02. The van der Waals surface area contributed by atoms with Gasteiger partial charge in [0, 0.05) is 22.0 Å². The van der Waals surface area contributed by atoms with Gasteiger partial charge in [0.2, 0.25) is 0 Å². The third kappa shape index (κ3) is 3.51. The second-order valence-corrected chi connectivity index (χ2v) is 6.69. The van der Waals surface area contributed by atoms with Crippen LogP contribution in [0.15, 0.2) is 102 Å². The van der Waals surface area contributed by atoms with Gasteiger partial charge in [0.1, 0.15) is 0 Å². The Balaban J connectivity index is 1.73. The quantitative estimate of drug-likeness (QED) is 0.397. The minimum absolute atomic E-state index is 0.849. The third-order valence-corrected chi connectivity index (χ3v) is 4.49. The van der Waals surface area contributed by atoms with E-state index >= 15 is 0 Å². The van der Waals surface area contributed by atoms with E-state index in [9.17, 15) is 0 Å². The molecule has 0 amide bonds. The summed E-state index contributed by atoms with van der Waals surface area (Å²) < 4.78 is 0.956. The van der Waals surface area contributed by atoms with Crippen molar-refractivity contribution in [2.45, 2.75) is 0 Å². The van der Waals surface area contributed by atoms with Gasteiger partial charge in [0.15, 0.2) is 0 Å². The van der Waals surface area contributed by atoms with Gasteiger partial charge < -0.3 is 4.90 Å². The summed E-state index contributed by atoms with van der Waals surface area (Å²) in [4.78, 5) is 11.2. The van der Waals surface area contributed by atoms with Gasteiger partial charge in [-0.2, -0.15) is 0 Å². The number of halogens is 1. The zero-order chi connectivity index (χ0) is 17.8. The van der Waals surface area contributed by atoms with Gasteiger partial charge in [-0.05, 0) is 64.5 Å². The Kier molecular flexibility index (Phi) is 4.75. The highest BCUT2D eigenvalue weighted by Gasteiger charge is 2.12. The molecule has 4 heteroatoms. The van der Waals surface area contributed by atoms with Crippen LogP contribution in [0.4, 0.5) is 17.1 Å². The maximum absolute atomic E-state index is 4.63. The molecule has 0 atom stereocenters. The number of rotatable bonds is 4. The summed E-state index contributed by atoms with van der Waals surface area (Å²) in [5.41, 5.74) is 4.89. The second kappa shape index (κ2) is 7.50. The van der Waals surface area contributed by atoms with Crippen LogP contribution in [-0.4, -0.2) is 9.97 Å². The highest BCUT2D eigenvalue weighted by atomic mass is 79.9. The zero-order valence-electron chi connectivity index (χ0n) is 14.0. The predicted octanol–water partition coefficient (Wildman–Crippen LogP) is 6.38. The van der Waals surface area contributed by atoms with Crippen LogP contribution in [-0.2, 0) is 0 Å². The van der Waals surface area contributed by atoms with Crippen molar-refractivity contribution in [1.29, 1.82) is 0 Å². The first-order valence-electron chi connectivity index (χ1n) is 8.29. The van der Waals surface area contributed by atoms with Crippen LogP contribution in [0.3, 0.4) is 0 Å². The minimum Gasteiger partial charge on any atom is -0.309 e. The fraction of sp³-hybridized carbons (Fsp3) is 0. The number of para-hydroxylation sites is 2. The molecule has 2 heterocycles. The molecule has 2 aromatic heterocycles. The van der Waals surface area contributed by atoms with Crippen LogP contribution in [0.2, 0.25) is 0 Å². The molecule has 0 aliphatic rings. The molecule has 4 aromatic rings. The smallest absolute Gasteiger partial charge is 0.0887 e. The number of hydrogen-bond acceptors (Lipinski definition) is 3. The number of nitrogens with zero attached hydrogens (tertiary/aromatic N) is 3. The lowest BCUT2D eigenvalue weighted by Gasteiger charge is -2.25. The molecule has 126 valence electrons. The van der Waals surface area contributed by atoms with E-state index < -0.39 is 0 Å². The van der Waals surface area contributed by atoms with Crippen molar-refractivity contribution in [2.24, 2.45) is 0 Å². The number of hydrogen-bond donors (Lipinski definition) is 0. The maximum Gasteiger partial charge on any atom is 0.0887 e. The molecule has 0 saturated carbocycles. The summed E-state index contributed by atoms with van der Waals surface area (Å²) in [6, 6.07) is 28.6. The summed E-state index contributed by atoms with van der Waals surface area (Å²) in [7, 11) is 0. The SMILES string of the molecule is Brc1ccc(-c2ccc(N(c3ccccc3)c3ccccc3)cn2)nc1. The summed E-state index contributed by atoms with van der Waals surface area (Å²) >= 11 is 3.41. The van der Waals surface area contributed by atoms with E-state index in [1.807, 2.05) is 60.8 Å². The van der Waals surface area contributed by atoms with E-state index in [0.29, 0.717) is 0 Å². The van der Waals surface area contributed by atoms with Crippen molar-refractivity contribution < 1.29 is 0 Å². The summed E-state index contributed by atoms with van der Waals surface area (Å²) in [5, 5.41) is 0. The lowest BCUT2D eigenvalue weighted by molar-refractivity contribution is 1.20. The first kappa shape index (κ1) is 16.5. The Bertz CT molecular complexity index is 930. The number of pyridine rings is 2. The van der Waals surface area contributed by atoms with Crippen LogP contribution >= 0.6 is 15.9 Å². The molecule has 0 aliphatic carbocycles. The average molecular weight is 402 g/mol. The van der Waals surface area contributed by atoms with E-state index in [2.05, 4.69) is 61.1 Å². The Hall–Kier alpha value is -2.98. The van der Waals surface area contributed by atoms with Crippen molar-refractivity contribution in [3.8, 4) is 11.4 Å². The van der Waals surface area contributed by atoms with E-state index in [1.165, 1.54) is 0 Å². The molecule has 0 aliphatic heterocycles. The molecular formula is C22H16BrN3. The molecule has 26 heavy (non-hydrogen) atoms. The topological polar surface area (TPSA) is 29.0 Å². The minimum atomic E-state index is 0.849. The van der Waals surface area contributed by atoms with Crippen LogP contribution < -0.4 is 4.90 Å². The molecule has 0 bridgehead atoms. The van der Waals surface area contributed by atoms with Gasteiger partial charge in [0.05, 0.1) is 23.3 Å². The lowest BCUT2D eigenvalue weighted by Crippen LogP contribution is -2.10. The van der Waals surface area contributed by atoms with Gasteiger partial charge in [-0.15, -0.1) is 0 Å². The van der Waals surface area contributed by atoms with E-state index in [0.717, 1.165) is 32.9 Å². The van der Waals surface area contributed by atoms with Gasteiger partial charge in [-0.3, -0.25) is 9.97 Å². The van der Waals surface area contributed by atoms with Crippen LogP contribution in [0.25, 0.3) is 11.4 Å². The fourth-order valence-electron chi connectivity index (χ4n) is 2.80. The van der Waals surface area contributed by atoms with Crippen molar-refractivity contribution in [2.75, 3.05) is 4.90 Å². The largest absolute Gasteiger partial charge is 0.309 e. The van der Waals surface area contributed by atoms with Crippen LogP contribution in [0, 0.1) is 0 Å². The normalized spacial score (nSPS) is 10.5. The Morgan fingerprint density at radius 1 is 0.538 bits per heavy atom. The monoisotopic (exact) mass is 401 g/mol. The Morgan fingerprint density at radius 2 is 1.08 bits per heavy atom. The zero-order valence-corrected chi connectivity index (χ0v) is 15.5. The molecule has 4 rings (SSSR count). The maximum atomic E-state index is 4.63. The molecule has 0 radical (unpaired) electrons. The van der Waals surface area contributed by atoms with Gasteiger partial charge in [-0.1, -0.05) is 36.4 Å². The number of benzene rings is 2. The molecule has 0 N–H and O–H groups in total. The van der Waals surface area contributed by atoms with Crippen molar-refractivity contribution >= 4 is 33.0 Å². The summed E-state index contributed by atoms with van der Waals surface area (Å²) in [6.45, 7) is 0. The molecule has 2 aromatic carbocycles. The molecule has 0 unspecified atom stereocenters.